The van der Waals surface area contributed by atoms with E-state index in [1.165, 1.54) is 17.3 Å². The number of nitrogens with zero attached hydrogens (tertiary/aromatic N) is 2. The summed E-state index contributed by atoms with van der Waals surface area (Å²) in [6.07, 6.45) is 2.31. The molecule has 0 aliphatic rings. The summed E-state index contributed by atoms with van der Waals surface area (Å²) in [6.45, 7) is 6.62. The number of anilines is 1. The highest BCUT2D eigenvalue weighted by molar-refractivity contribution is 5.97. The molecule has 1 aromatic heterocycles. The summed E-state index contributed by atoms with van der Waals surface area (Å²) in [5.41, 5.74) is 9.15. The van der Waals surface area contributed by atoms with Gasteiger partial charge < -0.3 is 11.1 Å². The van der Waals surface area contributed by atoms with Crippen LogP contribution in [0.4, 0.5) is 5.69 Å². The van der Waals surface area contributed by atoms with E-state index in [1.807, 2.05) is 26.0 Å². The summed E-state index contributed by atoms with van der Waals surface area (Å²) < 4.78 is 1.62. The highest BCUT2D eigenvalue weighted by Gasteiger charge is 2.18. The van der Waals surface area contributed by atoms with Crippen LogP contribution in [0.2, 0.25) is 0 Å². The Kier molecular flexibility index (Phi) is 4.62. The minimum Gasteiger partial charge on any atom is -0.396 e. The second kappa shape index (κ2) is 6.43. The van der Waals surface area contributed by atoms with Crippen LogP contribution in [0.1, 0.15) is 35.5 Å². The van der Waals surface area contributed by atoms with Crippen molar-refractivity contribution < 1.29 is 4.79 Å². The summed E-state index contributed by atoms with van der Waals surface area (Å²) in [7, 11) is 0. The number of hydrogen-bond donors (Lipinski definition) is 2. The van der Waals surface area contributed by atoms with Crippen molar-refractivity contribution in [3.05, 3.63) is 47.3 Å². The van der Waals surface area contributed by atoms with Gasteiger partial charge in [-0.25, -0.2) is 0 Å². The van der Waals surface area contributed by atoms with Crippen LogP contribution in [0, 0.1) is 6.92 Å². The number of nitrogen functional groups attached to an aromatic ring is 1. The third-order valence-corrected chi connectivity index (χ3v) is 3.55. The molecule has 112 valence electrons. The Hall–Kier alpha value is -2.30. The van der Waals surface area contributed by atoms with E-state index in [-0.39, 0.29) is 11.9 Å². The number of benzene rings is 1. The van der Waals surface area contributed by atoms with E-state index in [2.05, 4.69) is 29.5 Å². The lowest BCUT2D eigenvalue weighted by Gasteiger charge is -2.16. The van der Waals surface area contributed by atoms with Gasteiger partial charge in [0, 0.05) is 12.6 Å². The lowest BCUT2D eigenvalue weighted by Crippen LogP contribution is -2.36. The van der Waals surface area contributed by atoms with Crippen LogP contribution in [0.3, 0.4) is 0 Å². The number of nitrogens with two attached hydrogens (primary N) is 1. The SMILES string of the molecule is CCn1ncc(N)c1C(=O)NC(C)Cc1ccccc1C. The summed E-state index contributed by atoms with van der Waals surface area (Å²) in [5, 5.41) is 7.09. The van der Waals surface area contributed by atoms with Gasteiger partial charge in [-0.15, -0.1) is 0 Å². The molecule has 5 nitrogen and oxygen atoms in total. The second-order valence-corrected chi connectivity index (χ2v) is 5.27. The lowest BCUT2D eigenvalue weighted by molar-refractivity contribution is 0.0930. The third kappa shape index (κ3) is 3.42. The fourth-order valence-corrected chi connectivity index (χ4v) is 2.40. The van der Waals surface area contributed by atoms with Crippen molar-refractivity contribution in [2.75, 3.05) is 5.73 Å². The number of hydrogen-bond acceptors (Lipinski definition) is 3. The van der Waals surface area contributed by atoms with E-state index < -0.39 is 0 Å². The summed E-state index contributed by atoms with van der Waals surface area (Å²) in [5.74, 6) is -0.173. The summed E-state index contributed by atoms with van der Waals surface area (Å²) in [6, 6.07) is 8.22. The van der Waals surface area contributed by atoms with Crippen LogP contribution >= 0.6 is 0 Å². The Balaban J connectivity index is 2.06. The zero-order valence-electron chi connectivity index (χ0n) is 12.8. The smallest absolute Gasteiger partial charge is 0.271 e. The van der Waals surface area contributed by atoms with E-state index in [1.54, 1.807) is 4.68 Å². The molecule has 0 bridgehead atoms. The number of rotatable bonds is 5. The molecule has 1 atom stereocenters. The maximum Gasteiger partial charge on any atom is 0.271 e. The zero-order valence-corrected chi connectivity index (χ0v) is 12.8. The van der Waals surface area contributed by atoms with Gasteiger partial charge in [0.15, 0.2) is 0 Å². The van der Waals surface area contributed by atoms with Crippen LogP contribution in [0.5, 0.6) is 0 Å². The quantitative estimate of drug-likeness (QED) is 0.884. The topological polar surface area (TPSA) is 72.9 Å². The predicted octanol–water partition coefficient (Wildman–Crippen LogP) is 2.15. The standard InChI is InChI=1S/C16H22N4O/c1-4-20-15(14(17)10-18-20)16(21)19-12(3)9-13-8-6-5-7-11(13)2/h5-8,10,12H,4,9,17H2,1-3H3,(H,19,21). The van der Waals surface area contributed by atoms with Crippen LogP contribution in [0.15, 0.2) is 30.5 Å². The highest BCUT2D eigenvalue weighted by Crippen LogP contribution is 2.13. The van der Waals surface area contributed by atoms with Gasteiger partial charge in [0.25, 0.3) is 5.91 Å². The van der Waals surface area contributed by atoms with Gasteiger partial charge >= 0.3 is 0 Å². The maximum atomic E-state index is 12.3. The second-order valence-electron chi connectivity index (χ2n) is 5.27. The average molecular weight is 286 g/mol. The predicted molar refractivity (Wildman–Crippen MR) is 84.1 cm³/mol. The summed E-state index contributed by atoms with van der Waals surface area (Å²) in [4.78, 5) is 12.3. The molecule has 0 aliphatic heterocycles. The molecule has 1 unspecified atom stereocenters. The normalized spacial score (nSPS) is 12.1. The zero-order chi connectivity index (χ0) is 15.4. The number of aromatic nitrogens is 2. The molecular weight excluding hydrogens is 264 g/mol. The first-order valence-electron chi connectivity index (χ1n) is 7.19. The number of carbonyl (C=O) groups is 1. The minimum atomic E-state index is -0.173. The van der Waals surface area contributed by atoms with Crippen LogP contribution in [-0.4, -0.2) is 21.7 Å². The van der Waals surface area contributed by atoms with Crippen molar-refractivity contribution >= 4 is 11.6 Å². The van der Waals surface area contributed by atoms with Crippen molar-refractivity contribution in [2.24, 2.45) is 0 Å². The monoisotopic (exact) mass is 286 g/mol. The first-order chi connectivity index (χ1) is 10.0. The van der Waals surface area contributed by atoms with Gasteiger partial charge in [0.2, 0.25) is 0 Å². The number of aryl methyl sites for hydroxylation is 2. The van der Waals surface area contributed by atoms with Crippen molar-refractivity contribution in [3.63, 3.8) is 0 Å². The van der Waals surface area contributed by atoms with Crippen molar-refractivity contribution in [1.82, 2.24) is 15.1 Å². The fourth-order valence-electron chi connectivity index (χ4n) is 2.40. The molecule has 0 spiro atoms. The van der Waals surface area contributed by atoms with Crippen LogP contribution in [0.25, 0.3) is 0 Å². The largest absolute Gasteiger partial charge is 0.396 e. The fraction of sp³-hybridized carbons (Fsp3) is 0.375. The maximum absolute atomic E-state index is 12.3. The summed E-state index contributed by atoms with van der Waals surface area (Å²) >= 11 is 0. The van der Waals surface area contributed by atoms with Gasteiger partial charge in [-0.3, -0.25) is 9.48 Å². The lowest BCUT2D eigenvalue weighted by atomic mass is 10.0. The number of nitrogens with one attached hydrogen (secondary N) is 1. The van der Waals surface area contributed by atoms with Gasteiger partial charge in [-0.1, -0.05) is 24.3 Å². The molecule has 0 saturated carbocycles. The van der Waals surface area contributed by atoms with Gasteiger partial charge in [-0.2, -0.15) is 5.10 Å². The average Bonchev–Trinajstić information content (AvgIpc) is 2.82. The number of carbonyl (C=O) groups excluding carboxylic acids is 1. The van der Waals surface area contributed by atoms with Gasteiger partial charge in [-0.05, 0) is 38.3 Å². The molecule has 3 N–H and O–H groups in total. The highest BCUT2D eigenvalue weighted by atomic mass is 16.2. The van der Waals surface area contributed by atoms with Gasteiger partial charge in [0.1, 0.15) is 5.69 Å². The molecule has 1 amide bonds. The molecule has 2 aromatic rings. The molecule has 1 aromatic carbocycles. The molecular formula is C16H22N4O. The molecule has 0 aliphatic carbocycles. The van der Waals surface area contributed by atoms with Crippen molar-refractivity contribution in [1.29, 1.82) is 0 Å². The molecule has 1 heterocycles. The van der Waals surface area contributed by atoms with E-state index in [9.17, 15) is 4.79 Å². The first-order valence-corrected chi connectivity index (χ1v) is 7.19. The Bertz CT molecular complexity index is 633. The first kappa shape index (κ1) is 15.1. The Labute approximate surface area is 125 Å². The third-order valence-electron chi connectivity index (χ3n) is 3.55. The van der Waals surface area contributed by atoms with Crippen molar-refractivity contribution in [2.45, 2.75) is 39.8 Å². The Morgan fingerprint density at radius 2 is 2.14 bits per heavy atom. The Morgan fingerprint density at radius 1 is 1.43 bits per heavy atom. The van der Waals surface area contributed by atoms with E-state index in [0.29, 0.717) is 17.9 Å². The molecule has 0 radical (unpaired) electrons. The van der Waals surface area contributed by atoms with E-state index in [4.69, 9.17) is 5.73 Å². The Morgan fingerprint density at radius 3 is 2.81 bits per heavy atom. The number of amides is 1. The van der Waals surface area contributed by atoms with Crippen molar-refractivity contribution in [3.8, 4) is 0 Å². The molecule has 0 fully saturated rings. The van der Waals surface area contributed by atoms with E-state index >= 15 is 0 Å². The molecule has 2 rings (SSSR count). The van der Waals surface area contributed by atoms with Gasteiger partial charge in [0.05, 0.1) is 11.9 Å². The minimum absolute atomic E-state index is 0.0261. The van der Waals surface area contributed by atoms with E-state index in [0.717, 1.165) is 6.42 Å². The molecule has 0 saturated heterocycles. The molecule has 5 heteroatoms. The van der Waals surface area contributed by atoms with Crippen LogP contribution in [-0.2, 0) is 13.0 Å². The van der Waals surface area contributed by atoms with Crippen LogP contribution < -0.4 is 11.1 Å². The molecule has 21 heavy (non-hydrogen) atoms.